The molecule has 0 heterocycles. The molecule has 0 aliphatic carbocycles. The highest BCUT2D eigenvalue weighted by molar-refractivity contribution is 9.10. The van der Waals surface area contributed by atoms with E-state index in [4.69, 9.17) is 5.73 Å². The molecule has 1 unspecified atom stereocenters. The second-order valence-corrected chi connectivity index (χ2v) is 4.26. The van der Waals surface area contributed by atoms with Crippen molar-refractivity contribution < 1.29 is 18.3 Å². The van der Waals surface area contributed by atoms with Crippen molar-refractivity contribution in [3.8, 4) is 0 Å². The predicted molar refractivity (Wildman–Crippen MR) is 69.8 cm³/mol. The molecule has 0 aliphatic heterocycles. The molecule has 0 amide bonds. The lowest BCUT2D eigenvalue weighted by Crippen LogP contribution is -2.32. The van der Waals surface area contributed by atoms with E-state index in [0.29, 0.717) is 4.47 Å². The van der Waals surface area contributed by atoms with Crippen molar-refractivity contribution in [1.29, 1.82) is 0 Å². The van der Waals surface area contributed by atoms with Gasteiger partial charge in [-0.05, 0) is 19.1 Å². The molecular weight excluding hydrogens is 331 g/mol. The molecule has 0 saturated carbocycles. The van der Waals surface area contributed by atoms with Gasteiger partial charge in [-0.25, -0.2) is 13.6 Å². The van der Waals surface area contributed by atoms with Crippen LogP contribution in [0, 0.1) is 5.82 Å². The van der Waals surface area contributed by atoms with Crippen LogP contribution in [-0.2, 0) is 9.53 Å². The first-order valence-corrected chi connectivity index (χ1v) is 5.78. The number of benzene rings is 1. The van der Waals surface area contributed by atoms with Gasteiger partial charge in [-0.3, -0.25) is 0 Å². The summed E-state index contributed by atoms with van der Waals surface area (Å²) >= 11 is 3.07. The van der Waals surface area contributed by atoms with Crippen LogP contribution in [0.1, 0.15) is 18.5 Å². The van der Waals surface area contributed by atoms with Crippen LogP contribution in [0.25, 0.3) is 0 Å². The third kappa shape index (κ3) is 4.19. The summed E-state index contributed by atoms with van der Waals surface area (Å²) in [6, 6.07) is 2.64. The Kier molecular flexibility index (Phi) is 7.35. The molecule has 0 saturated heterocycles. The molecule has 0 spiro atoms. The number of rotatable bonds is 4. The van der Waals surface area contributed by atoms with E-state index in [2.05, 4.69) is 20.7 Å². The van der Waals surface area contributed by atoms with E-state index in [0.717, 1.165) is 6.07 Å². The van der Waals surface area contributed by atoms with E-state index in [1.54, 1.807) is 6.92 Å². The molecule has 7 heteroatoms. The predicted octanol–water partition coefficient (Wildman–Crippen LogP) is 2.91. The fourth-order valence-electron chi connectivity index (χ4n) is 1.30. The van der Waals surface area contributed by atoms with Crippen LogP contribution in [-0.4, -0.2) is 18.7 Å². The fraction of sp³-hybridized carbons (Fsp3) is 0.364. The Morgan fingerprint density at radius 2 is 2.17 bits per heavy atom. The number of hydrogen-bond acceptors (Lipinski definition) is 3. The summed E-state index contributed by atoms with van der Waals surface area (Å²) in [6.45, 7) is 1.60. The van der Waals surface area contributed by atoms with Crippen molar-refractivity contribution in [2.75, 3.05) is 6.61 Å². The number of carbonyl (C=O) groups excluding carboxylic acids is 1. The van der Waals surface area contributed by atoms with Gasteiger partial charge in [-0.15, -0.1) is 12.4 Å². The van der Waals surface area contributed by atoms with Crippen molar-refractivity contribution in [1.82, 2.24) is 0 Å². The molecular formula is C11H13BrClF2NO2. The molecule has 1 aromatic carbocycles. The Morgan fingerprint density at radius 1 is 1.56 bits per heavy atom. The van der Waals surface area contributed by atoms with Crippen LogP contribution in [0.4, 0.5) is 8.78 Å². The minimum absolute atomic E-state index is 0. The van der Waals surface area contributed by atoms with Gasteiger partial charge in [0.25, 0.3) is 0 Å². The molecule has 0 bridgehead atoms. The number of nitrogens with two attached hydrogens (primary N) is 1. The van der Waals surface area contributed by atoms with Gasteiger partial charge >= 0.3 is 5.97 Å². The number of esters is 1. The van der Waals surface area contributed by atoms with Gasteiger partial charge in [0, 0.05) is 10.0 Å². The van der Waals surface area contributed by atoms with E-state index < -0.39 is 24.0 Å². The maximum absolute atomic E-state index is 13.6. The number of carbonyl (C=O) groups is 1. The molecule has 0 fully saturated rings. The zero-order valence-corrected chi connectivity index (χ0v) is 11.9. The van der Waals surface area contributed by atoms with Crippen LogP contribution in [0.15, 0.2) is 22.7 Å². The number of alkyl halides is 1. The molecule has 0 aromatic heterocycles. The van der Waals surface area contributed by atoms with Crippen LogP contribution in [0.5, 0.6) is 0 Å². The molecule has 0 radical (unpaired) electrons. The standard InChI is InChI=1S/C11H12BrF2NO2.ClH/c1-2-17-11(16)9(14)10(15)7-4-3-6(12)5-8(7)13;/h3-5,9-10H,2,15H2,1H3;1H/t9?,10-;/m0./s1. The van der Waals surface area contributed by atoms with Crippen LogP contribution >= 0.6 is 28.3 Å². The molecule has 1 aromatic rings. The van der Waals surface area contributed by atoms with Crippen molar-refractivity contribution >= 4 is 34.3 Å². The molecule has 2 atom stereocenters. The van der Waals surface area contributed by atoms with E-state index in [9.17, 15) is 13.6 Å². The van der Waals surface area contributed by atoms with Crippen LogP contribution in [0.2, 0.25) is 0 Å². The van der Waals surface area contributed by atoms with Gasteiger partial charge in [-0.2, -0.15) is 0 Å². The van der Waals surface area contributed by atoms with Gasteiger partial charge in [-0.1, -0.05) is 22.0 Å². The third-order valence-corrected chi connectivity index (χ3v) is 2.64. The molecule has 18 heavy (non-hydrogen) atoms. The second kappa shape index (κ2) is 7.66. The van der Waals surface area contributed by atoms with Gasteiger partial charge < -0.3 is 10.5 Å². The van der Waals surface area contributed by atoms with Gasteiger partial charge in [0.05, 0.1) is 12.6 Å². The van der Waals surface area contributed by atoms with E-state index in [-0.39, 0.29) is 24.6 Å². The first kappa shape index (κ1) is 17.3. The SMILES string of the molecule is CCOC(=O)C(F)[C@@H](N)c1ccc(Br)cc1F.Cl. The Hall–Kier alpha value is -0.720. The summed E-state index contributed by atoms with van der Waals surface area (Å²) in [4.78, 5) is 11.1. The second-order valence-electron chi connectivity index (χ2n) is 3.35. The average molecular weight is 345 g/mol. The molecule has 1 rings (SSSR count). The number of ether oxygens (including phenoxy) is 1. The summed E-state index contributed by atoms with van der Waals surface area (Å²) in [5.41, 5.74) is 5.43. The first-order chi connectivity index (χ1) is 7.97. The molecule has 102 valence electrons. The highest BCUT2D eigenvalue weighted by Gasteiger charge is 2.29. The van der Waals surface area contributed by atoms with Gasteiger partial charge in [0.2, 0.25) is 6.17 Å². The van der Waals surface area contributed by atoms with Crippen molar-refractivity contribution in [3.63, 3.8) is 0 Å². The molecule has 2 N–H and O–H groups in total. The summed E-state index contributed by atoms with van der Waals surface area (Å²) in [5.74, 6) is -1.75. The van der Waals surface area contributed by atoms with Crippen LogP contribution < -0.4 is 5.73 Å². The zero-order valence-electron chi connectivity index (χ0n) is 9.53. The largest absolute Gasteiger partial charge is 0.464 e. The van der Waals surface area contributed by atoms with Crippen molar-refractivity contribution in [2.24, 2.45) is 5.73 Å². The third-order valence-electron chi connectivity index (χ3n) is 2.15. The van der Waals surface area contributed by atoms with E-state index in [1.165, 1.54) is 12.1 Å². The number of hydrogen-bond donors (Lipinski definition) is 1. The monoisotopic (exact) mass is 343 g/mol. The highest BCUT2D eigenvalue weighted by Crippen LogP contribution is 2.23. The molecule has 3 nitrogen and oxygen atoms in total. The smallest absolute Gasteiger partial charge is 0.342 e. The van der Waals surface area contributed by atoms with E-state index in [1.807, 2.05) is 0 Å². The van der Waals surface area contributed by atoms with Crippen molar-refractivity contribution in [3.05, 3.63) is 34.1 Å². The average Bonchev–Trinajstić information content (AvgIpc) is 2.27. The Balaban J connectivity index is 0.00000289. The summed E-state index contributed by atoms with van der Waals surface area (Å²) in [6.07, 6.45) is -2.08. The fourth-order valence-corrected chi connectivity index (χ4v) is 1.63. The highest BCUT2D eigenvalue weighted by atomic mass is 79.9. The minimum Gasteiger partial charge on any atom is -0.464 e. The Morgan fingerprint density at radius 3 is 2.67 bits per heavy atom. The van der Waals surface area contributed by atoms with Crippen LogP contribution in [0.3, 0.4) is 0 Å². The quantitative estimate of drug-likeness (QED) is 0.855. The Labute approximate surface area is 118 Å². The summed E-state index contributed by atoms with van der Waals surface area (Å²) < 4.78 is 32.0. The maximum Gasteiger partial charge on any atom is 0.342 e. The number of halogens is 4. The zero-order chi connectivity index (χ0) is 13.0. The normalized spacial score (nSPS) is 13.4. The van der Waals surface area contributed by atoms with Gasteiger partial charge in [0.1, 0.15) is 5.82 Å². The van der Waals surface area contributed by atoms with Crippen molar-refractivity contribution in [2.45, 2.75) is 19.1 Å². The lowest BCUT2D eigenvalue weighted by molar-refractivity contribution is -0.149. The van der Waals surface area contributed by atoms with Gasteiger partial charge in [0.15, 0.2) is 0 Å². The summed E-state index contributed by atoms with van der Waals surface area (Å²) in [7, 11) is 0. The lowest BCUT2D eigenvalue weighted by Gasteiger charge is -2.16. The minimum atomic E-state index is -2.08. The molecule has 0 aliphatic rings. The first-order valence-electron chi connectivity index (χ1n) is 4.98. The topological polar surface area (TPSA) is 52.3 Å². The summed E-state index contributed by atoms with van der Waals surface area (Å²) in [5, 5.41) is 0. The maximum atomic E-state index is 13.6. The lowest BCUT2D eigenvalue weighted by atomic mass is 10.0. The van der Waals surface area contributed by atoms with E-state index >= 15 is 0 Å². The Bertz CT molecular complexity index is 420.